The van der Waals surface area contributed by atoms with Gasteiger partial charge in [0.25, 0.3) is 11.8 Å². The number of methoxy groups -OCH3 is 2. The van der Waals surface area contributed by atoms with Gasteiger partial charge in [-0.15, -0.1) is 0 Å². The van der Waals surface area contributed by atoms with E-state index in [1.807, 2.05) is 6.92 Å². The van der Waals surface area contributed by atoms with Crippen LogP contribution in [0.15, 0.2) is 60.7 Å². The number of amides is 2. The summed E-state index contributed by atoms with van der Waals surface area (Å²) < 4.78 is 31.0. The molecule has 0 aromatic heterocycles. The number of carbonyl (C=O) groups is 2. The molecule has 1 N–H and O–H groups in total. The highest BCUT2D eigenvalue weighted by atomic mass is 19.1. The number of nitrogens with zero attached hydrogens (tertiary/aromatic N) is 1. The Labute approximate surface area is 203 Å². The van der Waals surface area contributed by atoms with Crippen molar-refractivity contribution in [3.63, 3.8) is 0 Å². The molecule has 0 saturated carbocycles. The van der Waals surface area contributed by atoms with Crippen molar-refractivity contribution >= 4 is 17.5 Å². The number of fused-ring (bicyclic) bond motifs is 1. The fourth-order valence-electron chi connectivity index (χ4n) is 4.08. The van der Waals surface area contributed by atoms with E-state index < -0.39 is 12.0 Å². The molecular weight excluding hydrogens is 451 g/mol. The van der Waals surface area contributed by atoms with Gasteiger partial charge in [0.05, 0.1) is 14.2 Å². The molecule has 1 aliphatic rings. The van der Waals surface area contributed by atoms with Crippen LogP contribution >= 0.6 is 0 Å². The van der Waals surface area contributed by atoms with Crippen LogP contribution in [-0.2, 0) is 17.9 Å². The standard InChI is InChI=1S/C27H27FN2O5/c1-4-21-27(32)30(15-17-8-5-6-9-20(17)28)16-18-14-19(12-13-22(18)35-21)29-26(31)25-23(33-2)10-7-11-24(25)34-3/h5-14,21H,4,15-16H2,1-3H3,(H,29,31). The Hall–Kier alpha value is -4.07. The first-order valence-electron chi connectivity index (χ1n) is 11.3. The molecule has 0 spiro atoms. The molecule has 0 fully saturated rings. The Morgan fingerprint density at radius 1 is 1.09 bits per heavy atom. The van der Waals surface area contributed by atoms with E-state index in [1.165, 1.54) is 20.3 Å². The predicted octanol–water partition coefficient (Wildman–Crippen LogP) is 4.80. The molecule has 1 heterocycles. The zero-order valence-electron chi connectivity index (χ0n) is 19.8. The first kappa shape index (κ1) is 24.1. The molecule has 1 unspecified atom stereocenters. The van der Waals surface area contributed by atoms with E-state index >= 15 is 0 Å². The highest BCUT2D eigenvalue weighted by Crippen LogP contribution is 2.32. The van der Waals surface area contributed by atoms with Gasteiger partial charge in [-0.05, 0) is 42.8 Å². The number of anilines is 1. The van der Waals surface area contributed by atoms with Crippen molar-refractivity contribution < 1.29 is 28.2 Å². The van der Waals surface area contributed by atoms with E-state index in [0.29, 0.717) is 40.5 Å². The monoisotopic (exact) mass is 478 g/mol. The Morgan fingerprint density at radius 2 is 1.80 bits per heavy atom. The summed E-state index contributed by atoms with van der Waals surface area (Å²) in [4.78, 5) is 27.8. The average Bonchev–Trinajstić information content (AvgIpc) is 3.00. The molecule has 4 rings (SSSR count). The fraction of sp³-hybridized carbons (Fsp3) is 0.259. The lowest BCUT2D eigenvalue weighted by atomic mass is 10.1. The second kappa shape index (κ2) is 10.5. The van der Waals surface area contributed by atoms with Gasteiger partial charge in [0.1, 0.15) is 28.6 Å². The highest BCUT2D eigenvalue weighted by Gasteiger charge is 2.30. The lowest BCUT2D eigenvalue weighted by Gasteiger charge is -2.23. The van der Waals surface area contributed by atoms with Crippen molar-refractivity contribution in [1.29, 1.82) is 0 Å². The fourth-order valence-corrected chi connectivity index (χ4v) is 4.08. The smallest absolute Gasteiger partial charge is 0.264 e. The number of hydrogen-bond donors (Lipinski definition) is 1. The van der Waals surface area contributed by atoms with Gasteiger partial charge in [0.15, 0.2) is 6.10 Å². The van der Waals surface area contributed by atoms with Crippen molar-refractivity contribution in [1.82, 2.24) is 4.90 Å². The number of benzene rings is 3. The number of rotatable bonds is 7. The normalized spacial score (nSPS) is 15.0. The molecule has 2 amide bonds. The Balaban J connectivity index is 1.63. The number of nitrogens with one attached hydrogen (secondary N) is 1. The summed E-state index contributed by atoms with van der Waals surface area (Å²) in [5.41, 5.74) is 1.91. The highest BCUT2D eigenvalue weighted by molar-refractivity contribution is 6.08. The van der Waals surface area contributed by atoms with Crippen LogP contribution in [-0.4, -0.2) is 37.0 Å². The van der Waals surface area contributed by atoms with Gasteiger partial charge in [-0.3, -0.25) is 9.59 Å². The van der Waals surface area contributed by atoms with Crippen molar-refractivity contribution in [2.24, 2.45) is 0 Å². The third-order valence-corrected chi connectivity index (χ3v) is 5.88. The number of carbonyl (C=O) groups excluding carboxylic acids is 2. The minimum atomic E-state index is -0.679. The van der Waals surface area contributed by atoms with Gasteiger partial charge in [-0.1, -0.05) is 31.2 Å². The maximum atomic E-state index is 14.3. The summed E-state index contributed by atoms with van der Waals surface area (Å²) >= 11 is 0. The predicted molar refractivity (Wildman–Crippen MR) is 129 cm³/mol. The van der Waals surface area contributed by atoms with Gasteiger partial charge in [0.2, 0.25) is 0 Å². The SMILES string of the molecule is CCC1Oc2ccc(NC(=O)c3c(OC)cccc3OC)cc2CN(Cc2ccccc2F)C1=O. The van der Waals surface area contributed by atoms with Crippen LogP contribution in [0.25, 0.3) is 0 Å². The van der Waals surface area contributed by atoms with Gasteiger partial charge in [-0.2, -0.15) is 0 Å². The van der Waals surface area contributed by atoms with Crippen LogP contribution in [0.3, 0.4) is 0 Å². The third kappa shape index (κ3) is 5.06. The number of ether oxygens (including phenoxy) is 3. The molecule has 1 atom stereocenters. The molecule has 35 heavy (non-hydrogen) atoms. The molecule has 0 saturated heterocycles. The van der Waals surface area contributed by atoms with Crippen LogP contribution < -0.4 is 19.5 Å². The summed E-state index contributed by atoms with van der Waals surface area (Å²) in [5.74, 6) is 0.329. The first-order chi connectivity index (χ1) is 16.9. The molecule has 7 nitrogen and oxygen atoms in total. The van der Waals surface area contributed by atoms with Crippen LogP contribution in [0.5, 0.6) is 17.2 Å². The maximum Gasteiger partial charge on any atom is 0.264 e. The van der Waals surface area contributed by atoms with Crippen LogP contribution in [0, 0.1) is 5.82 Å². The molecule has 0 bridgehead atoms. The summed E-state index contributed by atoms with van der Waals surface area (Å²) in [6.45, 7) is 2.19. The van der Waals surface area contributed by atoms with Gasteiger partial charge < -0.3 is 24.4 Å². The molecule has 3 aromatic rings. The van der Waals surface area contributed by atoms with Crippen molar-refractivity contribution in [3.8, 4) is 17.2 Å². The minimum absolute atomic E-state index is 0.111. The molecule has 8 heteroatoms. The molecular formula is C27H27FN2O5. The summed E-state index contributed by atoms with van der Waals surface area (Å²) in [5, 5.41) is 2.87. The van der Waals surface area contributed by atoms with Crippen molar-refractivity contribution in [3.05, 3.63) is 83.2 Å². The van der Waals surface area contributed by atoms with Gasteiger partial charge in [0, 0.05) is 29.9 Å². The molecule has 0 radical (unpaired) electrons. The minimum Gasteiger partial charge on any atom is -0.496 e. The lowest BCUT2D eigenvalue weighted by Crippen LogP contribution is -2.39. The molecule has 1 aliphatic heterocycles. The van der Waals surface area contributed by atoms with Crippen molar-refractivity contribution in [2.45, 2.75) is 32.5 Å². The van der Waals surface area contributed by atoms with Crippen LogP contribution in [0.4, 0.5) is 10.1 Å². The largest absolute Gasteiger partial charge is 0.496 e. The van der Waals surface area contributed by atoms with Crippen molar-refractivity contribution in [2.75, 3.05) is 19.5 Å². The van der Waals surface area contributed by atoms with Gasteiger partial charge >= 0.3 is 0 Å². The van der Waals surface area contributed by atoms with E-state index in [4.69, 9.17) is 14.2 Å². The number of hydrogen-bond acceptors (Lipinski definition) is 5. The average molecular weight is 479 g/mol. The topological polar surface area (TPSA) is 77.1 Å². The summed E-state index contributed by atoms with van der Waals surface area (Å²) in [6, 6.07) is 16.7. The Morgan fingerprint density at radius 3 is 2.46 bits per heavy atom. The van der Waals surface area contributed by atoms with E-state index in [0.717, 1.165) is 0 Å². The second-order valence-corrected chi connectivity index (χ2v) is 8.11. The maximum absolute atomic E-state index is 14.3. The lowest BCUT2D eigenvalue weighted by molar-refractivity contribution is -0.139. The quantitative estimate of drug-likeness (QED) is 0.528. The van der Waals surface area contributed by atoms with Crippen LogP contribution in [0.2, 0.25) is 0 Å². The zero-order chi connectivity index (χ0) is 24.9. The summed E-state index contributed by atoms with van der Waals surface area (Å²) in [6.07, 6.45) is -0.209. The van der Waals surface area contributed by atoms with Crippen LogP contribution in [0.1, 0.15) is 34.8 Å². The van der Waals surface area contributed by atoms with E-state index in [-0.39, 0.29) is 30.4 Å². The molecule has 182 valence electrons. The summed E-state index contributed by atoms with van der Waals surface area (Å²) in [7, 11) is 2.97. The van der Waals surface area contributed by atoms with E-state index in [9.17, 15) is 14.0 Å². The first-order valence-corrected chi connectivity index (χ1v) is 11.3. The molecule has 3 aromatic carbocycles. The van der Waals surface area contributed by atoms with E-state index in [2.05, 4.69) is 5.32 Å². The van der Waals surface area contributed by atoms with E-state index in [1.54, 1.807) is 59.5 Å². The zero-order valence-corrected chi connectivity index (χ0v) is 19.8. The molecule has 0 aliphatic carbocycles. The Bertz CT molecular complexity index is 1220. The second-order valence-electron chi connectivity index (χ2n) is 8.11. The number of halogens is 1. The third-order valence-electron chi connectivity index (χ3n) is 5.88. The Kier molecular flexibility index (Phi) is 7.19. The van der Waals surface area contributed by atoms with Gasteiger partial charge in [-0.25, -0.2) is 4.39 Å².